The van der Waals surface area contributed by atoms with E-state index in [-0.39, 0.29) is 51.8 Å². The minimum Gasteiger partial charge on any atom is -0.463 e. The van der Waals surface area contributed by atoms with Gasteiger partial charge in [-0.25, -0.2) is 9.59 Å². The van der Waals surface area contributed by atoms with E-state index < -0.39 is 30.0 Å². The molecule has 0 aliphatic rings. The van der Waals surface area contributed by atoms with Gasteiger partial charge < -0.3 is 28.8 Å². The highest BCUT2D eigenvalue weighted by Crippen LogP contribution is 2.08. The van der Waals surface area contributed by atoms with Crippen LogP contribution in [-0.2, 0) is 42.9 Å². The highest BCUT2D eigenvalue weighted by molar-refractivity contribution is 5.88. The first kappa shape index (κ1) is 29.3. The lowest BCUT2D eigenvalue weighted by molar-refractivity contribution is -0.154. The van der Waals surface area contributed by atoms with Crippen LogP contribution in [-0.4, -0.2) is 74.7 Å². The molecule has 0 saturated carbocycles. The van der Waals surface area contributed by atoms with Crippen LogP contribution in [0.1, 0.15) is 39.5 Å². The molecule has 10 nitrogen and oxygen atoms in total. The monoisotopic (exact) mass is 458 g/mol. The van der Waals surface area contributed by atoms with Crippen molar-refractivity contribution in [3.63, 3.8) is 0 Å². The van der Waals surface area contributed by atoms with Crippen molar-refractivity contribution in [2.24, 2.45) is 5.92 Å². The van der Waals surface area contributed by atoms with E-state index in [2.05, 4.69) is 13.2 Å². The molecule has 0 fully saturated rings. The number of aliphatic hydroxyl groups excluding tert-OH is 1. The standard InChI is InChI=1S/C22H34O10/c1-5-19(24)29-11-7-6-10-28-14-18(23)15-32-21(26)9-8-20(25)30-12-13-31-22(27)17(4)16(2)3/h5,16,18,23H,1,4,6-15H2,2-3H3. The fourth-order valence-corrected chi connectivity index (χ4v) is 1.96. The zero-order valence-electron chi connectivity index (χ0n) is 18.8. The average molecular weight is 459 g/mol. The third kappa shape index (κ3) is 16.0. The molecule has 1 unspecified atom stereocenters. The van der Waals surface area contributed by atoms with E-state index in [1.807, 2.05) is 13.8 Å². The van der Waals surface area contributed by atoms with E-state index >= 15 is 0 Å². The number of rotatable bonds is 18. The second-order valence-electron chi connectivity index (χ2n) is 7.03. The molecule has 32 heavy (non-hydrogen) atoms. The molecule has 0 heterocycles. The molecule has 0 spiro atoms. The van der Waals surface area contributed by atoms with Gasteiger partial charge in [-0.1, -0.05) is 27.0 Å². The molecule has 1 atom stereocenters. The van der Waals surface area contributed by atoms with Gasteiger partial charge in [0.2, 0.25) is 0 Å². The Bertz CT molecular complexity index is 626. The highest BCUT2D eigenvalue weighted by Gasteiger charge is 2.14. The molecule has 0 aromatic rings. The van der Waals surface area contributed by atoms with Gasteiger partial charge in [-0.2, -0.15) is 0 Å². The number of aliphatic hydroxyl groups is 1. The summed E-state index contributed by atoms with van der Waals surface area (Å²) in [6.07, 6.45) is 0.915. The smallest absolute Gasteiger partial charge is 0.333 e. The van der Waals surface area contributed by atoms with Crippen LogP contribution in [0.25, 0.3) is 0 Å². The molecule has 0 bridgehead atoms. The molecule has 182 valence electrons. The number of carbonyl (C=O) groups is 4. The molecule has 0 aliphatic heterocycles. The predicted molar refractivity (Wildman–Crippen MR) is 113 cm³/mol. The molecular formula is C22H34O10. The van der Waals surface area contributed by atoms with Crippen LogP contribution in [0.4, 0.5) is 0 Å². The van der Waals surface area contributed by atoms with Crippen molar-refractivity contribution in [3.8, 4) is 0 Å². The van der Waals surface area contributed by atoms with Crippen LogP contribution in [0.2, 0.25) is 0 Å². The quantitative estimate of drug-likeness (QED) is 0.139. The molecule has 0 rings (SSSR count). The molecule has 0 aromatic heterocycles. The first-order valence-corrected chi connectivity index (χ1v) is 10.4. The lowest BCUT2D eigenvalue weighted by atomic mass is 10.1. The van der Waals surface area contributed by atoms with Gasteiger partial charge in [0.1, 0.15) is 25.9 Å². The molecule has 0 amide bonds. The Balaban J connectivity index is 3.69. The maximum Gasteiger partial charge on any atom is 0.333 e. The number of ether oxygens (including phenoxy) is 5. The number of hydrogen-bond donors (Lipinski definition) is 1. The second-order valence-corrected chi connectivity index (χ2v) is 7.03. The highest BCUT2D eigenvalue weighted by atomic mass is 16.6. The Hall–Kier alpha value is -2.72. The lowest BCUT2D eigenvalue weighted by Crippen LogP contribution is -2.24. The SMILES string of the molecule is C=CC(=O)OCCCCOCC(O)COC(=O)CCC(=O)OCCOC(=O)C(=C)C(C)C. The molecule has 0 aromatic carbocycles. The van der Waals surface area contributed by atoms with Gasteiger partial charge in [0.25, 0.3) is 0 Å². The average Bonchev–Trinajstić information content (AvgIpc) is 2.77. The maximum atomic E-state index is 11.6. The fraction of sp³-hybridized carbons (Fsp3) is 0.636. The van der Waals surface area contributed by atoms with Gasteiger partial charge in [-0.15, -0.1) is 0 Å². The second kappa shape index (κ2) is 17.9. The molecular weight excluding hydrogens is 424 g/mol. The number of unbranched alkanes of at least 4 members (excludes halogenated alkanes) is 1. The summed E-state index contributed by atoms with van der Waals surface area (Å²) in [5.41, 5.74) is 0.332. The maximum absolute atomic E-state index is 11.6. The van der Waals surface area contributed by atoms with Gasteiger partial charge in [-0.05, 0) is 18.8 Å². The summed E-state index contributed by atoms with van der Waals surface area (Å²) in [4.78, 5) is 45.6. The minimum atomic E-state index is -1.00. The predicted octanol–water partition coefficient (Wildman–Crippen LogP) is 1.50. The van der Waals surface area contributed by atoms with Crippen LogP contribution in [0, 0.1) is 5.92 Å². The van der Waals surface area contributed by atoms with Crippen molar-refractivity contribution < 1.29 is 48.0 Å². The number of esters is 4. The van der Waals surface area contributed by atoms with Crippen LogP contribution >= 0.6 is 0 Å². The van der Waals surface area contributed by atoms with Crippen LogP contribution in [0.5, 0.6) is 0 Å². The minimum absolute atomic E-state index is 0.0241. The van der Waals surface area contributed by atoms with Crippen molar-refractivity contribution in [3.05, 3.63) is 24.8 Å². The third-order valence-corrected chi connectivity index (χ3v) is 3.91. The van der Waals surface area contributed by atoms with Crippen molar-refractivity contribution in [1.29, 1.82) is 0 Å². The Kier molecular flexibility index (Phi) is 16.4. The molecule has 10 heteroatoms. The summed E-state index contributed by atoms with van der Waals surface area (Å²) in [6, 6.07) is 0. The Labute approximate surface area is 188 Å². The van der Waals surface area contributed by atoms with Gasteiger partial charge in [0.05, 0.1) is 26.1 Å². The largest absolute Gasteiger partial charge is 0.463 e. The summed E-state index contributed by atoms with van der Waals surface area (Å²) >= 11 is 0. The Morgan fingerprint density at radius 2 is 1.44 bits per heavy atom. The van der Waals surface area contributed by atoms with Crippen molar-refractivity contribution in [2.75, 3.05) is 39.6 Å². The van der Waals surface area contributed by atoms with Gasteiger partial charge in [0, 0.05) is 18.3 Å². The van der Waals surface area contributed by atoms with Crippen molar-refractivity contribution in [2.45, 2.75) is 45.6 Å². The van der Waals surface area contributed by atoms with E-state index in [0.29, 0.717) is 25.0 Å². The van der Waals surface area contributed by atoms with Crippen LogP contribution in [0.15, 0.2) is 24.8 Å². The lowest BCUT2D eigenvalue weighted by Gasteiger charge is -2.12. The fourth-order valence-electron chi connectivity index (χ4n) is 1.96. The molecule has 1 N–H and O–H groups in total. The molecule has 0 saturated heterocycles. The normalized spacial score (nSPS) is 11.4. The Morgan fingerprint density at radius 1 is 0.844 bits per heavy atom. The number of hydrogen-bond acceptors (Lipinski definition) is 10. The summed E-state index contributed by atoms with van der Waals surface area (Å²) in [7, 11) is 0. The van der Waals surface area contributed by atoms with Crippen LogP contribution in [0.3, 0.4) is 0 Å². The summed E-state index contributed by atoms with van der Waals surface area (Å²) in [5.74, 6) is -2.36. The van der Waals surface area contributed by atoms with E-state index in [9.17, 15) is 24.3 Å². The number of carbonyl (C=O) groups excluding carboxylic acids is 4. The van der Waals surface area contributed by atoms with E-state index in [4.69, 9.17) is 23.7 Å². The van der Waals surface area contributed by atoms with Crippen molar-refractivity contribution >= 4 is 23.9 Å². The van der Waals surface area contributed by atoms with E-state index in [0.717, 1.165) is 6.08 Å². The van der Waals surface area contributed by atoms with Gasteiger partial charge >= 0.3 is 23.9 Å². The summed E-state index contributed by atoms with van der Waals surface area (Å²) in [6.45, 7) is 10.6. The Morgan fingerprint density at radius 3 is 2.06 bits per heavy atom. The molecule has 0 radical (unpaired) electrons. The summed E-state index contributed by atoms with van der Waals surface area (Å²) in [5, 5.41) is 9.72. The van der Waals surface area contributed by atoms with Gasteiger partial charge in [-0.3, -0.25) is 9.59 Å². The first-order chi connectivity index (χ1) is 15.2. The van der Waals surface area contributed by atoms with Crippen LogP contribution < -0.4 is 0 Å². The van der Waals surface area contributed by atoms with E-state index in [1.54, 1.807) is 0 Å². The van der Waals surface area contributed by atoms with Gasteiger partial charge in [0.15, 0.2) is 0 Å². The third-order valence-electron chi connectivity index (χ3n) is 3.91. The zero-order valence-corrected chi connectivity index (χ0v) is 18.8. The zero-order chi connectivity index (χ0) is 24.4. The van der Waals surface area contributed by atoms with E-state index in [1.165, 1.54) is 0 Å². The summed E-state index contributed by atoms with van der Waals surface area (Å²) < 4.78 is 24.7. The molecule has 0 aliphatic carbocycles. The topological polar surface area (TPSA) is 135 Å². The first-order valence-electron chi connectivity index (χ1n) is 10.4. The van der Waals surface area contributed by atoms with Crippen molar-refractivity contribution in [1.82, 2.24) is 0 Å².